The highest BCUT2D eigenvalue weighted by atomic mass is 19.4. The molecular formula is C29H30F3N5O3. The Morgan fingerprint density at radius 3 is 2.52 bits per heavy atom. The lowest BCUT2D eigenvalue weighted by atomic mass is 9.98. The molecule has 1 N–H and O–H groups in total. The number of amides is 1. The van der Waals surface area contributed by atoms with Crippen LogP contribution < -0.4 is 14.8 Å². The minimum atomic E-state index is -4.65. The Bertz CT molecular complexity index is 1520. The van der Waals surface area contributed by atoms with Gasteiger partial charge in [0.25, 0.3) is 5.91 Å². The number of benzene rings is 2. The molecule has 210 valence electrons. The molecule has 4 rings (SSSR count). The van der Waals surface area contributed by atoms with Crippen LogP contribution in [0.3, 0.4) is 0 Å². The fraction of sp³-hybridized carbons (Fsp3) is 0.310. The van der Waals surface area contributed by atoms with Crippen LogP contribution in [-0.2, 0) is 12.6 Å². The Balaban J connectivity index is 1.64. The van der Waals surface area contributed by atoms with Crippen molar-refractivity contribution in [1.29, 1.82) is 0 Å². The Hall–Kier alpha value is -4.41. The maximum Gasteiger partial charge on any atom is 0.420 e. The first kappa shape index (κ1) is 28.6. The van der Waals surface area contributed by atoms with Crippen molar-refractivity contribution in [1.82, 2.24) is 20.0 Å². The number of anilines is 1. The summed E-state index contributed by atoms with van der Waals surface area (Å²) in [6.07, 6.45) is 1.29. The number of hydrogen-bond acceptors (Lipinski definition) is 6. The second kappa shape index (κ2) is 11.8. The summed E-state index contributed by atoms with van der Waals surface area (Å²) in [6.45, 7) is 5.83. The molecular weight excluding hydrogens is 523 g/mol. The predicted molar refractivity (Wildman–Crippen MR) is 145 cm³/mol. The summed E-state index contributed by atoms with van der Waals surface area (Å²) in [5.41, 5.74) is 2.38. The van der Waals surface area contributed by atoms with Crippen molar-refractivity contribution < 1.29 is 27.4 Å². The molecule has 0 unspecified atom stereocenters. The van der Waals surface area contributed by atoms with Crippen LogP contribution in [0.5, 0.6) is 11.5 Å². The highest BCUT2D eigenvalue weighted by molar-refractivity contribution is 6.04. The number of hydrogen-bond donors (Lipinski definition) is 1. The van der Waals surface area contributed by atoms with Gasteiger partial charge in [0.1, 0.15) is 17.2 Å². The van der Waals surface area contributed by atoms with Crippen LogP contribution >= 0.6 is 0 Å². The number of methoxy groups -OCH3 is 2. The average molecular weight is 554 g/mol. The van der Waals surface area contributed by atoms with E-state index in [-0.39, 0.29) is 22.9 Å². The van der Waals surface area contributed by atoms with Crippen LogP contribution in [0, 0.1) is 12.8 Å². The fourth-order valence-electron chi connectivity index (χ4n) is 4.23. The van der Waals surface area contributed by atoms with Crippen molar-refractivity contribution in [3.05, 3.63) is 77.2 Å². The lowest BCUT2D eigenvalue weighted by molar-refractivity contribution is -0.138. The smallest absolute Gasteiger partial charge is 0.420 e. The van der Waals surface area contributed by atoms with Gasteiger partial charge in [0.15, 0.2) is 0 Å². The summed E-state index contributed by atoms with van der Waals surface area (Å²) in [5.74, 6) is 0.0610. The van der Waals surface area contributed by atoms with Gasteiger partial charge in [-0.2, -0.15) is 13.2 Å². The molecule has 0 atom stereocenters. The summed E-state index contributed by atoms with van der Waals surface area (Å²) < 4.78 is 53.6. The molecule has 0 saturated heterocycles. The van der Waals surface area contributed by atoms with Crippen LogP contribution in [0.2, 0.25) is 0 Å². The number of carbonyl (C=O) groups excluding carboxylic acids is 1. The molecule has 0 saturated carbocycles. The van der Waals surface area contributed by atoms with Crippen LogP contribution in [0.4, 0.5) is 18.9 Å². The van der Waals surface area contributed by atoms with E-state index < -0.39 is 17.6 Å². The zero-order valence-electron chi connectivity index (χ0n) is 22.8. The second-order valence-corrected chi connectivity index (χ2v) is 9.76. The number of aryl methyl sites for hydroxylation is 2. The number of rotatable bonds is 9. The first-order chi connectivity index (χ1) is 19.0. The lowest BCUT2D eigenvalue weighted by Crippen LogP contribution is -2.16. The van der Waals surface area contributed by atoms with Gasteiger partial charge in [0, 0.05) is 23.0 Å². The van der Waals surface area contributed by atoms with Crippen LogP contribution in [-0.4, -0.2) is 40.1 Å². The topological polar surface area (TPSA) is 91.2 Å². The lowest BCUT2D eigenvalue weighted by Gasteiger charge is -2.19. The van der Waals surface area contributed by atoms with Gasteiger partial charge in [-0.3, -0.25) is 9.78 Å². The number of aromatic nitrogens is 4. The molecule has 2 aromatic heterocycles. The molecule has 0 aliphatic carbocycles. The van der Waals surface area contributed by atoms with Crippen molar-refractivity contribution in [3.8, 4) is 28.4 Å². The molecule has 0 fully saturated rings. The van der Waals surface area contributed by atoms with Crippen molar-refractivity contribution in [2.45, 2.75) is 39.8 Å². The van der Waals surface area contributed by atoms with Crippen molar-refractivity contribution >= 4 is 11.6 Å². The molecule has 11 heteroatoms. The summed E-state index contributed by atoms with van der Waals surface area (Å²) >= 11 is 0. The standard InChI is InChI=1S/C29H30F3N5O3/c1-17(2)6-8-19-10-22(13-24(27(19)40-5)29(30,31)32)34-28(38)20-9-7-18(3)26(12-20)37-16-25(35-36-37)21-11-23(39-4)15-33-14-21/h7,9-17H,6,8H2,1-5H3,(H,34,38). The molecule has 8 nitrogen and oxygen atoms in total. The van der Waals surface area contributed by atoms with Gasteiger partial charge >= 0.3 is 6.18 Å². The van der Waals surface area contributed by atoms with E-state index in [1.165, 1.54) is 17.9 Å². The first-order valence-corrected chi connectivity index (χ1v) is 12.6. The van der Waals surface area contributed by atoms with E-state index in [9.17, 15) is 18.0 Å². The van der Waals surface area contributed by atoms with E-state index in [0.29, 0.717) is 41.1 Å². The van der Waals surface area contributed by atoms with Crippen molar-refractivity contribution in [2.24, 2.45) is 5.92 Å². The van der Waals surface area contributed by atoms with Crippen molar-refractivity contribution in [2.75, 3.05) is 19.5 Å². The summed E-state index contributed by atoms with van der Waals surface area (Å²) in [7, 11) is 2.76. The third-order valence-electron chi connectivity index (χ3n) is 6.38. The molecule has 0 spiro atoms. The highest BCUT2D eigenvalue weighted by Crippen LogP contribution is 2.41. The van der Waals surface area contributed by atoms with Crippen molar-refractivity contribution in [3.63, 3.8) is 0 Å². The van der Waals surface area contributed by atoms with Gasteiger partial charge in [-0.25, -0.2) is 4.68 Å². The summed E-state index contributed by atoms with van der Waals surface area (Å²) in [5, 5.41) is 11.0. The maximum atomic E-state index is 13.9. The zero-order chi connectivity index (χ0) is 29.0. The Labute approximate surface area is 230 Å². The van der Waals surface area contributed by atoms with Gasteiger partial charge in [-0.15, -0.1) is 5.10 Å². The second-order valence-electron chi connectivity index (χ2n) is 9.76. The zero-order valence-corrected chi connectivity index (χ0v) is 22.8. The SMILES string of the molecule is COc1cncc(-c2cn(-c3cc(C(=O)Nc4cc(CCC(C)C)c(OC)c(C(F)(F)F)c4)ccc3C)nn2)c1. The molecule has 2 heterocycles. The van der Waals surface area contributed by atoms with Crippen LogP contribution in [0.15, 0.2) is 55.0 Å². The van der Waals surface area contributed by atoms with Gasteiger partial charge in [0.05, 0.1) is 37.9 Å². The normalized spacial score (nSPS) is 11.5. The number of halogens is 3. The third-order valence-corrected chi connectivity index (χ3v) is 6.38. The minimum Gasteiger partial charge on any atom is -0.496 e. The Kier molecular flexibility index (Phi) is 8.41. The fourth-order valence-corrected chi connectivity index (χ4v) is 4.23. The van der Waals surface area contributed by atoms with Crippen LogP contribution in [0.25, 0.3) is 16.9 Å². The van der Waals surface area contributed by atoms with E-state index in [0.717, 1.165) is 11.6 Å². The Morgan fingerprint density at radius 2 is 1.85 bits per heavy atom. The number of alkyl halides is 3. The summed E-state index contributed by atoms with van der Waals surface area (Å²) in [6, 6.07) is 9.16. The quantitative estimate of drug-likeness (QED) is 0.254. The molecule has 0 bridgehead atoms. The van der Waals surface area contributed by atoms with E-state index >= 15 is 0 Å². The molecule has 1 amide bonds. The predicted octanol–water partition coefficient (Wildman–Crippen LogP) is 6.51. The van der Waals surface area contributed by atoms with Crippen LogP contribution in [0.1, 0.15) is 47.3 Å². The van der Waals surface area contributed by atoms with E-state index in [2.05, 4.69) is 20.6 Å². The highest BCUT2D eigenvalue weighted by Gasteiger charge is 2.36. The first-order valence-electron chi connectivity index (χ1n) is 12.6. The summed E-state index contributed by atoms with van der Waals surface area (Å²) in [4.78, 5) is 17.3. The van der Waals surface area contributed by atoms with Gasteiger partial charge in [-0.05, 0) is 67.1 Å². The molecule has 0 aliphatic heterocycles. The number of nitrogens with zero attached hydrogens (tertiary/aromatic N) is 4. The molecule has 0 radical (unpaired) electrons. The molecule has 0 aliphatic rings. The number of ether oxygens (including phenoxy) is 2. The van der Waals surface area contributed by atoms with Gasteiger partial charge in [0.2, 0.25) is 0 Å². The monoisotopic (exact) mass is 553 g/mol. The number of pyridine rings is 1. The van der Waals surface area contributed by atoms with Gasteiger partial charge in [-0.1, -0.05) is 25.1 Å². The number of nitrogens with one attached hydrogen (secondary N) is 1. The van der Waals surface area contributed by atoms with E-state index in [1.54, 1.807) is 50.0 Å². The minimum absolute atomic E-state index is 0.0348. The Morgan fingerprint density at radius 1 is 1.07 bits per heavy atom. The molecule has 2 aromatic carbocycles. The maximum absolute atomic E-state index is 13.9. The largest absolute Gasteiger partial charge is 0.496 e. The molecule has 4 aromatic rings. The van der Waals surface area contributed by atoms with E-state index in [4.69, 9.17) is 9.47 Å². The third kappa shape index (κ3) is 6.41. The molecule has 40 heavy (non-hydrogen) atoms. The number of carbonyl (C=O) groups is 1. The van der Waals surface area contributed by atoms with Gasteiger partial charge < -0.3 is 14.8 Å². The average Bonchev–Trinajstić information content (AvgIpc) is 3.41. The van der Waals surface area contributed by atoms with E-state index in [1.807, 2.05) is 20.8 Å².